The molecule has 0 atom stereocenters. The van der Waals surface area contributed by atoms with Crippen LogP contribution in [0.5, 0.6) is 5.75 Å². The molecule has 6 heteroatoms. The van der Waals surface area contributed by atoms with Crippen molar-refractivity contribution in [3.63, 3.8) is 0 Å². The Morgan fingerprint density at radius 1 is 1.08 bits per heavy atom. The number of ether oxygens (including phenoxy) is 1. The first-order chi connectivity index (χ1) is 11.7. The van der Waals surface area contributed by atoms with E-state index in [2.05, 4.69) is 52.5 Å². The summed E-state index contributed by atoms with van der Waals surface area (Å²) in [5.74, 6) is 2.00. The maximum absolute atomic E-state index is 6.17. The molecule has 1 aliphatic heterocycles. The highest BCUT2D eigenvalue weighted by atomic mass is 16.5. The van der Waals surface area contributed by atoms with Crippen molar-refractivity contribution in [2.75, 3.05) is 13.1 Å². The van der Waals surface area contributed by atoms with Crippen molar-refractivity contribution in [2.45, 2.75) is 58.2 Å². The summed E-state index contributed by atoms with van der Waals surface area (Å²) < 4.78 is 8.19. The number of rotatable bonds is 5. The fourth-order valence-corrected chi connectivity index (χ4v) is 3.28. The number of nitrogens with zero attached hydrogens (tertiary/aromatic N) is 5. The minimum absolute atomic E-state index is 0.308. The molecule has 2 aliphatic rings. The van der Waals surface area contributed by atoms with Crippen LogP contribution in [0.2, 0.25) is 0 Å². The third-order valence-electron chi connectivity index (χ3n) is 5.13. The predicted molar refractivity (Wildman–Crippen MR) is 90.9 cm³/mol. The van der Waals surface area contributed by atoms with Crippen molar-refractivity contribution in [1.82, 2.24) is 25.1 Å². The van der Waals surface area contributed by atoms with Gasteiger partial charge in [0.15, 0.2) is 5.82 Å². The highest BCUT2D eigenvalue weighted by Crippen LogP contribution is 2.34. The number of hydrogen-bond donors (Lipinski definition) is 0. The monoisotopic (exact) mass is 327 g/mol. The molecule has 2 fully saturated rings. The van der Waals surface area contributed by atoms with Crippen LogP contribution >= 0.6 is 0 Å². The minimum Gasteiger partial charge on any atom is -0.490 e. The summed E-state index contributed by atoms with van der Waals surface area (Å²) >= 11 is 0. The molecule has 0 bridgehead atoms. The van der Waals surface area contributed by atoms with Gasteiger partial charge in [0, 0.05) is 13.1 Å². The molecule has 4 rings (SSSR count). The van der Waals surface area contributed by atoms with Gasteiger partial charge in [0.05, 0.1) is 12.6 Å². The van der Waals surface area contributed by atoms with E-state index in [1.54, 1.807) is 0 Å². The molecule has 1 saturated carbocycles. The van der Waals surface area contributed by atoms with E-state index in [4.69, 9.17) is 4.74 Å². The summed E-state index contributed by atoms with van der Waals surface area (Å²) in [4.78, 5) is 2.44. The Bertz CT molecular complexity index is 701. The van der Waals surface area contributed by atoms with Gasteiger partial charge in [-0.25, -0.2) is 4.68 Å². The van der Waals surface area contributed by atoms with Crippen LogP contribution in [0, 0.1) is 13.8 Å². The Kier molecular flexibility index (Phi) is 4.22. The first-order valence-corrected chi connectivity index (χ1v) is 8.92. The Morgan fingerprint density at radius 3 is 2.58 bits per heavy atom. The normalized spacial score (nSPS) is 19.6. The molecule has 2 heterocycles. The Labute approximate surface area is 142 Å². The van der Waals surface area contributed by atoms with Crippen LogP contribution in [0.15, 0.2) is 18.2 Å². The topological polar surface area (TPSA) is 56.1 Å². The Morgan fingerprint density at radius 2 is 1.88 bits per heavy atom. The van der Waals surface area contributed by atoms with Gasteiger partial charge >= 0.3 is 0 Å². The second-order valence-corrected chi connectivity index (χ2v) is 7.11. The van der Waals surface area contributed by atoms with Crippen LogP contribution in [0.3, 0.4) is 0 Å². The zero-order chi connectivity index (χ0) is 16.5. The van der Waals surface area contributed by atoms with Crippen LogP contribution in [0.1, 0.15) is 48.7 Å². The van der Waals surface area contributed by atoms with Gasteiger partial charge in [0.1, 0.15) is 11.9 Å². The lowest BCUT2D eigenvalue weighted by Crippen LogP contribution is -2.38. The first kappa shape index (κ1) is 15.6. The van der Waals surface area contributed by atoms with Crippen molar-refractivity contribution in [3.05, 3.63) is 35.2 Å². The zero-order valence-corrected chi connectivity index (χ0v) is 14.5. The lowest BCUT2D eigenvalue weighted by Gasteiger charge is -2.31. The molecule has 2 aromatic rings. The molecule has 0 radical (unpaired) electrons. The quantitative estimate of drug-likeness (QED) is 0.845. The predicted octanol–water partition coefficient (Wildman–Crippen LogP) is 2.67. The molecule has 24 heavy (non-hydrogen) atoms. The highest BCUT2D eigenvalue weighted by Gasteiger charge is 2.29. The van der Waals surface area contributed by atoms with E-state index in [-0.39, 0.29) is 0 Å². The number of aromatic nitrogens is 4. The van der Waals surface area contributed by atoms with Crippen molar-refractivity contribution in [2.24, 2.45) is 0 Å². The molecule has 0 unspecified atom stereocenters. The van der Waals surface area contributed by atoms with E-state index in [0.717, 1.165) is 44.0 Å². The molecule has 1 aliphatic carbocycles. The summed E-state index contributed by atoms with van der Waals surface area (Å²) in [5.41, 5.74) is 2.60. The molecule has 1 aromatic heterocycles. The number of tetrazole rings is 1. The molecule has 1 aromatic carbocycles. The molecule has 6 nitrogen and oxygen atoms in total. The largest absolute Gasteiger partial charge is 0.490 e. The zero-order valence-electron chi connectivity index (χ0n) is 14.5. The summed E-state index contributed by atoms with van der Waals surface area (Å²) in [6, 6.07) is 6.90. The van der Waals surface area contributed by atoms with E-state index < -0.39 is 0 Å². The third kappa shape index (κ3) is 3.43. The third-order valence-corrected chi connectivity index (χ3v) is 5.13. The van der Waals surface area contributed by atoms with Gasteiger partial charge in [0.2, 0.25) is 0 Å². The molecule has 128 valence electrons. The maximum Gasteiger partial charge on any atom is 0.165 e. The second kappa shape index (κ2) is 6.51. The van der Waals surface area contributed by atoms with Gasteiger partial charge in [-0.15, -0.1) is 5.10 Å². The van der Waals surface area contributed by atoms with Crippen LogP contribution in [0.4, 0.5) is 0 Å². The van der Waals surface area contributed by atoms with Gasteiger partial charge in [-0.3, -0.25) is 4.90 Å². The van der Waals surface area contributed by atoms with Gasteiger partial charge in [-0.05, 0) is 73.2 Å². The van der Waals surface area contributed by atoms with Crippen molar-refractivity contribution < 1.29 is 4.74 Å². The van der Waals surface area contributed by atoms with Gasteiger partial charge < -0.3 is 4.74 Å². The highest BCUT2D eigenvalue weighted by molar-refractivity contribution is 5.33. The molecule has 0 N–H and O–H groups in total. The molecule has 0 amide bonds. The van der Waals surface area contributed by atoms with Crippen molar-refractivity contribution in [1.29, 1.82) is 0 Å². The SMILES string of the molecule is Cc1ccc(OC2CCN(Cc3nnnn3C3CC3)CC2)cc1C. The molecular formula is C18H25N5O. The first-order valence-electron chi connectivity index (χ1n) is 8.92. The smallest absolute Gasteiger partial charge is 0.165 e. The minimum atomic E-state index is 0.308. The Balaban J connectivity index is 1.30. The number of piperidine rings is 1. The lowest BCUT2D eigenvalue weighted by molar-refractivity contribution is 0.0944. The van der Waals surface area contributed by atoms with Gasteiger partial charge in [-0.2, -0.15) is 0 Å². The number of benzene rings is 1. The standard InChI is InChI=1S/C18H25N5O/c1-13-3-6-17(11-14(13)2)24-16-7-9-22(10-8-16)12-18-19-20-21-23(18)15-4-5-15/h3,6,11,15-16H,4-5,7-10,12H2,1-2H3. The molecule has 0 spiro atoms. The molecule has 1 saturated heterocycles. The van der Waals surface area contributed by atoms with Crippen molar-refractivity contribution in [3.8, 4) is 5.75 Å². The number of likely N-dealkylation sites (tertiary alicyclic amines) is 1. The average molecular weight is 327 g/mol. The fraction of sp³-hybridized carbons (Fsp3) is 0.611. The van der Waals surface area contributed by atoms with Gasteiger partial charge in [0.25, 0.3) is 0 Å². The summed E-state index contributed by atoms with van der Waals surface area (Å²) in [5, 5.41) is 12.2. The van der Waals surface area contributed by atoms with E-state index in [9.17, 15) is 0 Å². The van der Waals surface area contributed by atoms with E-state index >= 15 is 0 Å². The van der Waals surface area contributed by atoms with E-state index in [0.29, 0.717) is 12.1 Å². The van der Waals surface area contributed by atoms with Crippen LogP contribution in [-0.4, -0.2) is 44.3 Å². The van der Waals surface area contributed by atoms with Crippen molar-refractivity contribution >= 4 is 0 Å². The summed E-state index contributed by atoms with van der Waals surface area (Å²) in [6.07, 6.45) is 4.84. The van der Waals surface area contributed by atoms with E-state index in [1.165, 1.54) is 24.0 Å². The Hall–Kier alpha value is -1.95. The number of aryl methyl sites for hydroxylation is 2. The van der Waals surface area contributed by atoms with Crippen LogP contribution in [0.25, 0.3) is 0 Å². The number of hydrogen-bond acceptors (Lipinski definition) is 5. The lowest BCUT2D eigenvalue weighted by atomic mass is 10.1. The fourth-order valence-electron chi connectivity index (χ4n) is 3.28. The van der Waals surface area contributed by atoms with Crippen LogP contribution < -0.4 is 4.74 Å². The summed E-state index contributed by atoms with van der Waals surface area (Å²) in [7, 11) is 0. The maximum atomic E-state index is 6.17. The van der Waals surface area contributed by atoms with Crippen LogP contribution in [-0.2, 0) is 6.54 Å². The average Bonchev–Trinajstić information content (AvgIpc) is 3.32. The van der Waals surface area contributed by atoms with Gasteiger partial charge in [-0.1, -0.05) is 6.07 Å². The summed E-state index contributed by atoms with van der Waals surface area (Å²) in [6.45, 7) is 7.18. The molecular weight excluding hydrogens is 302 g/mol. The second-order valence-electron chi connectivity index (χ2n) is 7.11. The van der Waals surface area contributed by atoms with E-state index in [1.807, 2.05) is 4.68 Å².